The highest BCUT2D eigenvalue weighted by atomic mass is 32.1. The average Bonchev–Trinajstić information content (AvgIpc) is 3.74. The van der Waals surface area contributed by atoms with E-state index in [-0.39, 0.29) is 0 Å². The smallest absolute Gasteiger partial charge is 0.0640 e. The maximum atomic E-state index is 2.51. The van der Waals surface area contributed by atoms with Crippen LogP contribution in [0.1, 0.15) is 0 Å². The lowest BCUT2D eigenvalue weighted by molar-refractivity contribution is 1.31. The van der Waals surface area contributed by atoms with Crippen molar-refractivity contribution in [2.75, 3.05) is 4.90 Å². The van der Waals surface area contributed by atoms with Crippen LogP contribution in [0.3, 0.4) is 0 Å². The fraction of sp³-hybridized carbons (Fsp3) is 0. The molecule has 0 radical (unpaired) electrons. The molecule has 0 aliphatic heterocycles. The van der Waals surface area contributed by atoms with Gasteiger partial charge in [-0.05, 0) is 63.9 Å². The molecule has 10 rings (SSSR count). The summed E-state index contributed by atoms with van der Waals surface area (Å²) >= 11 is 3.75. The van der Waals surface area contributed by atoms with E-state index in [1.165, 1.54) is 79.1 Å². The molecule has 0 unspecified atom stereocenters. The largest absolute Gasteiger partial charge is 0.308 e. The molecule has 49 heavy (non-hydrogen) atoms. The number of benzene rings is 8. The van der Waals surface area contributed by atoms with Crippen molar-refractivity contribution in [3.05, 3.63) is 176 Å². The van der Waals surface area contributed by atoms with Gasteiger partial charge < -0.3 is 4.90 Å². The first kappa shape index (κ1) is 28.3. The van der Waals surface area contributed by atoms with E-state index in [9.17, 15) is 0 Å². The van der Waals surface area contributed by atoms with E-state index < -0.39 is 0 Å². The van der Waals surface area contributed by atoms with Crippen molar-refractivity contribution in [3.8, 4) is 22.3 Å². The lowest BCUT2D eigenvalue weighted by atomic mass is 9.94. The average molecular weight is 660 g/mol. The molecule has 0 aliphatic carbocycles. The molecular formula is C46H29NS2. The van der Waals surface area contributed by atoms with Crippen LogP contribution in [0.15, 0.2) is 176 Å². The van der Waals surface area contributed by atoms with Gasteiger partial charge in [-0.25, -0.2) is 0 Å². The second-order valence-corrected chi connectivity index (χ2v) is 14.6. The summed E-state index contributed by atoms with van der Waals surface area (Å²) in [5.74, 6) is 0. The first-order valence-electron chi connectivity index (χ1n) is 16.6. The van der Waals surface area contributed by atoms with Gasteiger partial charge in [-0.1, -0.05) is 140 Å². The van der Waals surface area contributed by atoms with Crippen molar-refractivity contribution in [1.29, 1.82) is 0 Å². The fourth-order valence-electron chi connectivity index (χ4n) is 7.39. The summed E-state index contributed by atoms with van der Waals surface area (Å²) in [5, 5.41) is 7.71. The van der Waals surface area contributed by atoms with Crippen LogP contribution in [-0.2, 0) is 0 Å². The molecule has 1 nitrogen and oxygen atoms in total. The summed E-state index contributed by atoms with van der Waals surface area (Å²) in [7, 11) is 0. The van der Waals surface area contributed by atoms with Gasteiger partial charge in [0, 0.05) is 46.9 Å². The van der Waals surface area contributed by atoms with Gasteiger partial charge in [0.15, 0.2) is 0 Å². The number of hydrogen-bond acceptors (Lipinski definition) is 3. The molecule has 0 spiro atoms. The fourth-order valence-corrected chi connectivity index (χ4v) is 9.74. The van der Waals surface area contributed by atoms with Crippen molar-refractivity contribution in [3.63, 3.8) is 0 Å². The quantitative estimate of drug-likeness (QED) is 0.178. The number of hydrogen-bond donors (Lipinski definition) is 0. The van der Waals surface area contributed by atoms with Gasteiger partial charge in [0.2, 0.25) is 0 Å². The van der Waals surface area contributed by atoms with E-state index in [2.05, 4.69) is 181 Å². The standard InChI is InChI=1S/C46H29NS2/c1-2-12-31(13-3-1)36-26-24-32(35-19-10-15-30-14-4-5-16-34(30)35)28-42(36)47(33-25-27-39-37-17-6-8-22-43(37)48-45(39)29-33)41-21-11-20-40-38-18-7-9-23-44(38)49-46(40)41/h1-29H. The highest BCUT2D eigenvalue weighted by Gasteiger charge is 2.23. The summed E-state index contributed by atoms with van der Waals surface area (Å²) in [4.78, 5) is 2.51. The Bertz CT molecular complexity index is 2840. The third-order valence-electron chi connectivity index (χ3n) is 9.67. The molecule has 0 saturated heterocycles. The lowest BCUT2D eigenvalue weighted by Gasteiger charge is -2.29. The molecule has 0 fully saturated rings. The van der Waals surface area contributed by atoms with Crippen LogP contribution in [0, 0.1) is 0 Å². The zero-order chi connectivity index (χ0) is 32.3. The van der Waals surface area contributed by atoms with E-state index in [1.54, 1.807) is 0 Å². The molecule has 0 bridgehead atoms. The van der Waals surface area contributed by atoms with E-state index in [0.29, 0.717) is 0 Å². The Morgan fingerprint density at radius 3 is 1.86 bits per heavy atom. The summed E-state index contributed by atoms with van der Waals surface area (Å²) < 4.78 is 5.20. The molecule has 0 atom stereocenters. The molecular weight excluding hydrogens is 631 g/mol. The van der Waals surface area contributed by atoms with Crippen LogP contribution >= 0.6 is 22.7 Å². The van der Waals surface area contributed by atoms with Crippen LogP contribution in [0.25, 0.3) is 73.4 Å². The minimum absolute atomic E-state index is 1.15. The SMILES string of the molecule is c1ccc(-c2ccc(-c3cccc4ccccc34)cc2N(c2ccc3c(c2)sc2ccccc23)c2cccc3c2sc2ccccc23)cc1. The normalized spacial score (nSPS) is 11.7. The van der Waals surface area contributed by atoms with Crippen LogP contribution in [0.4, 0.5) is 17.1 Å². The molecule has 10 aromatic rings. The number of thiophene rings is 2. The Hall–Kier alpha value is -5.74. The van der Waals surface area contributed by atoms with Crippen molar-refractivity contribution >= 4 is 90.9 Å². The van der Waals surface area contributed by atoms with Gasteiger partial charge in [0.25, 0.3) is 0 Å². The highest BCUT2D eigenvalue weighted by molar-refractivity contribution is 7.26. The minimum Gasteiger partial charge on any atom is -0.308 e. The Morgan fingerprint density at radius 1 is 0.347 bits per heavy atom. The second kappa shape index (κ2) is 11.5. The molecule has 0 amide bonds. The first-order chi connectivity index (χ1) is 24.3. The predicted molar refractivity (Wildman–Crippen MR) is 215 cm³/mol. The summed E-state index contributed by atoms with van der Waals surface area (Å²) in [6.45, 7) is 0. The van der Waals surface area contributed by atoms with Crippen LogP contribution in [0.2, 0.25) is 0 Å². The third kappa shape index (κ3) is 4.66. The number of anilines is 3. The van der Waals surface area contributed by atoms with Crippen molar-refractivity contribution in [2.45, 2.75) is 0 Å². The van der Waals surface area contributed by atoms with Crippen molar-refractivity contribution in [1.82, 2.24) is 0 Å². The molecule has 2 heterocycles. The van der Waals surface area contributed by atoms with E-state index in [1.807, 2.05) is 22.7 Å². The van der Waals surface area contributed by atoms with Gasteiger partial charge in [-0.15, -0.1) is 22.7 Å². The predicted octanol–water partition coefficient (Wildman–Crippen LogP) is 14.4. The molecule has 3 heteroatoms. The molecule has 0 saturated carbocycles. The molecule has 2 aromatic heterocycles. The lowest BCUT2D eigenvalue weighted by Crippen LogP contribution is -2.11. The molecule has 8 aromatic carbocycles. The van der Waals surface area contributed by atoms with Gasteiger partial charge in [0.1, 0.15) is 0 Å². The van der Waals surface area contributed by atoms with E-state index >= 15 is 0 Å². The van der Waals surface area contributed by atoms with Crippen molar-refractivity contribution < 1.29 is 0 Å². The van der Waals surface area contributed by atoms with Crippen LogP contribution < -0.4 is 4.90 Å². The van der Waals surface area contributed by atoms with Crippen molar-refractivity contribution in [2.24, 2.45) is 0 Å². The van der Waals surface area contributed by atoms with Crippen LogP contribution in [0.5, 0.6) is 0 Å². The summed E-state index contributed by atoms with van der Waals surface area (Å²) in [6, 6.07) is 64.5. The highest BCUT2D eigenvalue weighted by Crippen LogP contribution is 2.49. The number of nitrogens with zero attached hydrogens (tertiary/aromatic N) is 1. The zero-order valence-corrected chi connectivity index (χ0v) is 28.1. The molecule has 0 aliphatic rings. The van der Waals surface area contributed by atoms with Gasteiger partial charge in [-0.2, -0.15) is 0 Å². The Kier molecular flexibility index (Phi) is 6.61. The molecule has 230 valence electrons. The van der Waals surface area contributed by atoms with Gasteiger partial charge in [0.05, 0.1) is 16.1 Å². The summed E-state index contributed by atoms with van der Waals surface area (Å²) in [6.07, 6.45) is 0. The minimum atomic E-state index is 1.15. The molecule has 0 N–H and O–H groups in total. The first-order valence-corrected chi connectivity index (χ1v) is 18.2. The summed E-state index contributed by atoms with van der Waals surface area (Å²) in [5.41, 5.74) is 8.31. The topological polar surface area (TPSA) is 3.24 Å². The Labute approximate surface area is 292 Å². The Morgan fingerprint density at radius 2 is 1.00 bits per heavy atom. The maximum absolute atomic E-state index is 2.51. The van der Waals surface area contributed by atoms with Crippen LogP contribution in [-0.4, -0.2) is 0 Å². The number of fused-ring (bicyclic) bond motifs is 7. The third-order valence-corrected chi connectivity index (χ3v) is 12.0. The van der Waals surface area contributed by atoms with Gasteiger partial charge >= 0.3 is 0 Å². The van der Waals surface area contributed by atoms with E-state index in [0.717, 1.165) is 11.4 Å². The van der Waals surface area contributed by atoms with Gasteiger partial charge in [-0.3, -0.25) is 0 Å². The monoisotopic (exact) mass is 659 g/mol. The zero-order valence-electron chi connectivity index (χ0n) is 26.5. The number of rotatable bonds is 5. The Balaban J connectivity index is 1.30. The maximum Gasteiger partial charge on any atom is 0.0640 e. The second-order valence-electron chi connectivity index (χ2n) is 12.5. The van der Waals surface area contributed by atoms with E-state index in [4.69, 9.17) is 0 Å².